The third kappa shape index (κ3) is 5.44. The van der Waals surface area contributed by atoms with Crippen molar-refractivity contribution in [1.82, 2.24) is 15.3 Å². The molecule has 0 aliphatic rings. The number of nitrogens with zero attached hydrogens (tertiary/aromatic N) is 3. The first-order chi connectivity index (χ1) is 13.1. The second-order valence-corrected chi connectivity index (χ2v) is 8.92. The van der Waals surface area contributed by atoms with Crippen molar-refractivity contribution in [3.63, 3.8) is 0 Å². The third-order valence-electron chi connectivity index (χ3n) is 4.25. The van der Waals surface area contributed by atoms with Gasteiger partial charge in [-0.05, 0) is 46.0 Å². The Kier molecular flexibility index (Phi) is 7.04. The molecule has 0 saturated carbocycles. The molecule has 152 valence electrons. The van der Waals surface area contributed by atoms with Crippen LogP contribution in [0.5, 0.6) is 0 Å². The molecule has 0 saturated heterocycles. The highest BCUT2D eigenvalue weighted by Gasteiger charge is 2.20. The summed E-state index contributed by atoms with van der Waals surface area (Å²) in [4.78, 5) is 23.5. The highest BCUT2D eigenvalue weighted by atomic mass is 79.9. The van der Waals surface area contributed by atoms with E-state index in [1.807, 2.05) is 39.1 Å². The van der Waals surface area contributed by atoms with E-state index < -0.39 is 0 Å². The molecule has 2 aromatic rings. The molecule has 0 aliphatic carbocycles. The van der Waals surface area contributed by atoms with Gasteiger partial charge in [0.15, 0.2) is 5.82 Å². The number of anilines is 3. The molecule has 6 nitrogen and oxygen atoms in total. The Bertz CT molecular complexity index is 861. The van der Waals surface area contributed by atoms with E-state index in [0.717, 1.165) is 40.3 Å². The zero-order valence-corrected chi connectivity index (χ0v) is 19.4. The molecule has 0 aliphatic heterocycles. The van der Waals surface area contributed by atoms with Crippen LogP contribution in [0.1, 0.15) is 49.4 Å². The predicted molar refractivity (Wildman–Crippen MR) is 120 cm³/mol. The quantitative estimate of drug-likeness (QED) is 0.671. The van der Waals surface area contributed by atoms with Gasteiger partial charge in [-0.1, -0.05) is 33.8 Å². The van der Waals surface area contributed by atoms with Crippen LogP contribution in [0.2, 0.25) is 0 Å². The van der Waals surface area contributed by atoms with Crippen molar-refractivity contribution in [2.75, 3.05) is 30.9 Å². The van der Waals surface area contributed by atoms with Crippen molar-refractivity contribution in [3.8, 4) is 0 Å². The van der Waals surface area contributed by atoms with E-state index in [9.17, 15) is 4.79 Å². The third-order valence-corrected chi connectivity index (χ3v) is 4.98. The number of rotatable bonds is 6. The Balaban J connectivity index is 2.46. The molecule has 1 aromatic carbocycles. The molecule has 0 radical (unpaired) electrons. The van der Waals surface area contributed by atoms with Crippen LogP contribution >= 0.6 is 15.9 Å². The van der Waals surface area contributed by atoms with Gasteiger partial charge in [0.25, 0.3) is 5.91 Å². The van der Waals surface area contributed by atoms with Crippen molar-refractivity contribution >= 4 is 39.2 Å². The van der Waals surface area contributed by atoms with Crippen LogP contribution in [-0.4, -0.2) is 36.5 Å². The predicted octanol–water partition coefficient (Wildman–Crippen LogP) is 4.70. The van der Waals surface area contributed by atoms with Crippen molar-refractivity contribution in [2.24, 2.45) is 5.41 Å². The maximum Gasteiger partial charge on any atom is 0.251 e. The van der Waals surface area contributed by atoms with E-state index in [1.165, 1.54) is 0 Å². The fourth-order valence-electron chi connectivity index (χ4n) is 2.93. The van der Waals surface area contributed by atoms with E-state index in [-0.39, 0.29) is 11.3 Å². The number of nitrogens with one attached hydrogen (secondary N) is 2. The number of halogens is 1. The Labute approximate surface area is 176 Å². The summed E-state index contributed by atoms with van der Waals surface area (Å²) >= 11 is 3.69. The molecule has 2 N–H and O–H groups in total. The lowest BCUT2D eigenvalue weighted by Crippen LogP contribution is -2.30. The molecular formula is C21H30BrN5O. The van der Waals surface area contributed by atoms with E-state index in [2.05, 4.69) is 57.2 Å². The molecule has 1 amide bonds. The summed E-state index contributed by atoms with van der Waals surface area (Å²) in [7, 11) is 3.67. The number of carbonyl (C=O) groups is 1. The number of amides is 1. The average Bonchev–Trinajstić information content (AvgIpc) is 2.62. The van der Waals surface area contributed by atoms with Crippen LogP contribution in [-0.2, 0) is 6.42 Å². The standard InChI is InChI=1S/C21H30BrN5O/c1-8-16-25-18(17(22)19(26-16)27(7)12-21(3,4)5)24-15-11-14(20(28)23-6)10-9-13(15)2/h9-11H,8,12H2,1-7H3,(H,23,28)(H,24,25,26). The molecule has 0 bridgehead atoms. The van der Waals surface area contributed by atoms with E-state index >= 15 is 0 Å². The van der Waals surface area contributed by atoms with Crippen LogP contribution in [0.15, 0.2) is 22.7 Å². The fourth-order valence-corrected chi connectivity index (χ4v) is 3.51. The minimum absolute atomic E-state index is 0.121. The summed E-state index contributed by atoms with van der Waals surface area (Å²) in [6.07, 6.45) is 0.732. The number of benzene rings is 1. The van der Waals surface area contributed by atoms with Gasteiger partial charge in [-0.3, -0.25) is 4.79 Å². The smallest absolute Gasteiger partial charge is 0.251 e. The highest BCUT2D eigenvalue weighted by Crippen LogP contribution is 2.34. The summed E-state index contributed by atoms with van der Waals surface area (Å²) in [5.41, 5.74) is 2.60. The van der Waals surface area contributed by atoms with Gasteiger partial charge in [-0.25, -0.2) is 9.97 Å². The molecule has 2 rings (SSSR count). The number of aryl methyl sites for hydroxylation is 2. The number of aromatic nitrogens is 2. The average molecular weight is 448 g/mol. The Hall–Kier alpha value is -2.15. The number of hydrogen-bond donors (Lipinski definition) is 2. The van der Waals surface area contributed by atoms with E-state index in [1.54, 1.807) is 7.05 Å². The van der Waals surface area contributed by atoms with E-state index in [4.69, 9.17) is 4.98 Å². The van der Waals surface area contributed by atoms with Crippen LogP contribution in [0, 0.1) is 12.3 Å². The Morgan fingerprint density at radius 1 is 1.25 bits per heavy atom. The Morgan fingerprint density at radius 2 is 1.93 bits per heavy atom. The lowest BCUT2D eigenvalue weighted by Gasteiger charge is -2.29. The lowest BCUT2D eigenvalue weighted by molar-refractivity contribution is 0.0963. The monoisotopic (exact) mass is 447 g/mol. The highest BCUT2D eigenvalue weighted by molar-refractivity contribution is 9.10. The van der Waals surface area contributed by atoms with Crippen LogP contribution in [0.3, 0.4) is 0 Å². The molecule has 0 fully saturated rings. The summed E-state index contributed by atoms with van der Waals surface area (Å²) in [5, 5.41) is 6.05. The minimum atomic E-state index is -0.121. The molecule has 0 unspecified atom stereocenters. The van der Waals surface area contributed by atoms with Gasteiger partial charge in [0.05, 0.1) is 0 Å². The molecule has 7 heteroatoms. The first-order valence-electron chi connectivity index (χ1n) is 9.43. The maximum absolute atomic E-state index is 12.0. The van der Waals surface area contributed by atoms with Gasteiger partial charge >= 0.3 is 0 Å². The lowest BCUT2D eigenvalue weighted by atomic mass is 9.96. The normalized spacial score (nSPS) is 11.3. The summed E-state index contributed by atoms with van der Waals surface area (Å²) < 4.78 is 0.807. The zero-order chi connectivity index (χ0) is 21.1. The largest absolute Gasteiger partial charge is 0.358 e. The zero-order valence-electron chi connectivity index (χ0n) is 17.8. The van der Waals surface area contributed by atoms with Crippen LogP contribution in [0.4, 0.5) is 17.3 Å². The van der Waals surface area contributed by atoms with Crippen LogP contribution < -0.4 is 15.5 Å². The molecule has 0 spiro atoms. The number of hydrogen-bond acceptors (Lipinski definition) is 5. The van der Waals surface area contributed by atoms with Crippen molar-refractivity contribution in [2.45, 2.75) is 41.0 Å². The van der Waals surface area contributed by atoms with Crippen molar-refractivity contribution in [3.05, 3.63) is 39.6 Å². The van der Waals surface area contributed by atoms with Crippen LogP contribution in [0.25, 0.3) is 0 Å². The second-order valence-electron chi connectivity index (χ2n) is 8.13. The summed E-state index contributed by atoms with van der Waals surface area (Å²) in [6, 6.07) is 5.58. The summed E-state index contributed by atoms with van der Waals surface area (Å²) in [6.45, 7) is 11.5. The Morgan fingerprint density at radius 3 is 2.50 bits per heavy atom. The maximum atomic E-state index is 12.0. The first kappa shape index (κ1) is 22.1. The van der Waals surface area contributed by atoms with Crippen molar-refractivity contribution in [1.29, 1.82) is 0 Å². The second kappa shape index (κ2) is 8.90. The minimum Gasteiger partial charge on any atom is -0.358 e. The molecule has 28 heavy (non-hydrogen) atoms. The van der Waals surface area contributed by atoms with E-state index in [0.29, 0.717) is 11.4 Å². The van der Waals surface area contributed by atoms with Gasteiger partial charge in [0, 0.05) is 38.3 Å². The molecule has 1 aromatic heterocycles. The molecular weight excluding hydrogens is 418 g/mol. The first-order valence-corrected chi connectivity index (χ1v) is 10.2. The molecule has 1 heterocycles. The molecule has 0 atom stereocenters. The van der Waals surface area contributed by atoms with Gasteiger partial charge in [0.1, 0.15) is 16.1 Å². The topological polar surface area (TPSA) is 70.2 Å². The SMILES string of the molecule is CCc1nc(Nc2cc(C(=O)NC)ccc2C)c(Br)c(N(C)CC(C)(C)C)n1. The van der Waals surface area contributed by atoms with Crippen molar-refractivity contribution < 1.29 is 4.79 Å². The van der Waals surface area contributed by atoms with Gasteiger partial charge in [-0.15, -0.1) is 0 Å². The van der Waals surface area contributed by atoms with Gasteiger partial charge in [-0.2, -0.15) is 0 Å². The summed E-state index contributed by atoms with van der Waals surface area (Å²) in [5.74, 6) is 2.19. The fraction of sp³-hybridized carbons (Fsp3) is 0.476. The van der Waals surface area contributed by atoms with Gasteiger partial charge in [0.2, 0.25) is 0 Å². The number of carbonyl (C=O) groups excluding carboxylic acids is 1. The van der Waals surface area contributed by atoms with Gasteiger partial charge < -0.3 is 15.5 Å².